The van der Waals surface area contributed by atoms with Gasteiger partial charge in [0.15, 0.2) is 0 Å². The summed E-state index contributed by atoms with van der Waals surface area (Å²) >= 11 is 0. The Kier molecular flexibility index (Phi) is 3.98. The highest BCUT2D eigenvalue weighted by Gasteiger charge is 2.16. The second-order valence-corrected chi connectivity index (χ2v) is 8.07. The number of nitrogens with zero attached hydrogens (tertiary/aromatic N) is 1. The highest BCUT2D eigenvalue weighted by Crippen LogP contribution is 2.20. The highest BCUT2D eigenvalue weighted by atomic mass is 35.7. The lowest BCUT2D eigenvalue weighted by Gasteiger charge is -2.09. The molecule has 0 spiro atoms. The molecule has 0 aliphatic carbocycles. The Morgan fingerprint density at radius 2 is 1.81 bits per heavy atom. The summed E-state index contributed by atoms with van der Waals surface area (Å²) in [5.74, 6) is 0.101. The van der Waals surface area contributed by atoms with Crippen molar-refractivity contribution in [3.63, 3.8) is 0 Å². The van der Waals surface area contributed by atoms with Crippen molar-refractivity contribution >= 4 is 29.6 Å². The summed E-state index contributed by atoms with van der Waals surface area (Å²) < 4.78 is 37.4. The zero-order valence-electron chi connectivity index (χ0n) is 8.88. The van der Waals surface area contributed by atoms with Crippen LogP contribution in [0.1, 0.15) is 12.5 Å². The summed E-state index contributed by atoms with van der Waals surface area (Å²) in [4.78, 5) is 0.418. The monoisotopic (exact) mass is 281 g/mol. The fourth-order valence-electron chi connectivity index (χ4n) is 1.31. The van der Waals surface area contributed by atoms with Crippen LogP contribution < -0.4 is 0 Å². The molecule has 0 saturated heterocycles. The number of benzene rings is 1. The van der Waals surface area contributed by atoms with Gasteiger partial charge in [0.2, 0.25) is 0 Å². The first-order chi connectivity index (χ1) is 7.28. The molecule has 0 aliphatic rings. The number of rotatable bonds is 3. The maximum Gasteiger partial charge on any atom is 0.347 e. The van der Waals surface area contributed by atoms with Crippen LogP contribution in [0, 0.1) is 6.92 Å². The average molecular weight is 282 g/mol. The van der Waals surface area contributed by atoms with Crippen molar-refractivity contribution in [1.29, 1.82) is 0 Å². The van der Waals surface area contributed by atoms with Gasteiger partial charge >= 0.3 is 9.24 Å². The van der Waals surface area contributed by atoms with Crippen LogP contribution in [0.5, 0.6) is 0 Å². The Labute approximate surface area is 100 Å². The van der Waals surface area contributed by atoms with Crippen LogP contribution in [0.4, 0.5) is 0 Å². The normalized spacial score (nSPS) is 15.4. The predicted octanol–water partition coefficient (Wildman–Crippen LogP) is 2.33. The van der Waals surface area contributed by atoms with Crippen LogP contribution >= 0.6 is 10.7 Å². The van der Waals surface area contributed by atoms with Crippen molar-refractivity contribution in [2.24, 2.45) is 3.77 Å². The summed E-state index contributed by atoms with van der Waals surface area (Å²) in [6.45, 7) is 3.36. The number of hydrogen-bond acceptors (Lipinski definition) is 3. The van der Waals surface area contributed by atoms with E-state index in [1.807, 2.05) is 0 Å². The quantitative estimate of drug-likeness (QED) is 0.799. The van der Waals surface area contributed by atoms with Gasteiger partial charge in [0.1, 0.15) is 0 Å². The topological polar surface area (TPSA) is 63.6 Å². The van der Waals surface area contributed by atoms with Crippen molar-refractivity contribution in [2.75, 3.05) is 5.75 Å². The molecule has 0 aliphatic heterocycles. The molecular weight excluding hydrogens is 270 g/mol. The van der Waals surface area contributed by atoms with E-state index in [-0.39, 0.29) is 5.75 Å². The Bertz CT molecular complexity index is 601. The molecule has 16 heavy (non-hydrogen) atoms. The summed E-state index contributed by atoms with van der Waals surface area (Å²) in [6.07, 6.45) is 0. The second-order valence-electron chi connectivity index (χ2n) is 3.18. The SMILES string of the molecule is CC[S@@](=O)(=NS(=O)(=O)Cl)c1ccccc1C. The Hall–Kier alpha value is -0.590. The van der Waals surface area contributed by atoms with E-state index in [1.165, 1.54) is 0 Å². The molecule has 0 fully saturated rings. The van der Waals surface area contributed by atoms with Gasteiger partial charge in [-0.3, -0.25) is 0 Å². The molecule has 1 rings (SSSR count). The van der Waals surface area contributed by atoms with Crippen LogP contribution in [0.15, 0.2) is 32.9 Å². The maximum atomic E-state index is 12.4. The van der Waals surface area contributed by atoms with Crippen LogP contribution in [-0.4, -0.2) is 18.4 Å². The molecule has 1 aromatic rings. The van der Waals surface area contributed by atoms with E-state index < -0.39 is 19.0 Å². The van der Waals surface area contributed by atoms with Gasteiger partial charge in [0.05, 0.1) is 14.6 Å². The van der Waals surface area contributed by atoms with Gasteiger partial charge < -0.3 is 0 Å². The summed E-state index contributed by atoms with van der Waals surface area (Å²) in [6, 6.07) is 6.82. The van der Waals surface area contributed by atoms with E-state index in [0.29, 0.717) is 4.90 Å². The number of hydrogen-bond donors (Lipinski definition) is 0. The molecular formula is C9H12ClNO3S2. The lowest BCUT2D eigenvalue weighted by molar-refractivity contribution is 0.611. The molecule has 0 bridgehead atoms. The first kappa shape index (κ1) is 13.5. The molecule has 4 nitrogen and oxygen atoms in total. The van der Waals surface area contributed by atoms with E-state index in [2.05, 4.69) is 3.77 Å². The molecule has 0 amide bonds. The first-order valence-corrected chi connectivity index (χ1v) is 8.50. The van der Waals surface area contributed by atoms with E-state index in [0.717, 1.165) is 5.56 Å². The molecule has 0 N–H and O–H groups in total. The predicted molar refractivity (Wildman–Crippen MR) is 65.3 cm³/mol. The molecule has 90 valence electrons. The molecule has 0 heterocycles. The highest BCUT2D eigenvalue weighted by molar-refractivity contribution is 8.17. The van der Waals surface area contributed by atoms with Gasteiger partial charge in [-0.25, -0.2) is 4.21 Å². The molecule has 0 radical (unpaired) electrons. The van der Waals surface area contributed by atoms with E-state index in [4.69, 9.17) is 10.7 Å². The zero-order chi connectivity index (χ0) is 12.4. The van der Waals surface area contributed by atoms with Crippen molar-refractivity contribution < 1.29 is 12.6 Å². The van der Waals surface area contributed by atoms with Gasteiger partial charge in [-0.05, 0) is 18.6 Å². The van der Waals surface area contributed by atoms with Crippen molar-refractivity contribution in [3.05, 3.63) is 29.8 Å². The fourth-order valence-corrected chi connectivity index (χ4v) is 5.19. The van der Waals surface area contributed by atoms with E-state index in [1.54, 1.807) is 38.1 Å². The van der Waals surface area contributed by atoms with E-state index in [9.17, 15) is 12.6 Å². The van der Waals surface area contributed by atoms with Gasteiger partial charge in [-0.15, -0.1) is 0 Å². The average Bonchev–Trinajstić information content (AvgIpc) is 2.15. The second kappa shape index (κ2) is 4.73. The minimum absolute atomic E-state index is 0.101. The largest absolute Gasteiger partial charge is 0.347 e. The zero-order valence-corrected chi connectivity index (χ0v) is 11.3. The Balaban J connectivity index is 3.57. The van der Waals surface area contributed by atoms with Crippen molar-refractivity contribution in [2.45, 2.75) is 18.7 Å². The number of aryl methyl sites for hydroxylation is 1. The molecule has 0 saturated carbocycles. The Morgan fingerprint density at radius 3 is 2.25 bits per heavy atom. The minimum Gasteiger partial charge on any atom is -0.244 e. The lowest BCUT2D eigenvalue weighted by atomic mass is 10.2. The van der Waals surface area contributed by atoms with E-state index >= 15 is 0 Å². The van der Waals surface area contributed by atoms with Crippen molar-refractivity contribution in [3.8, 4) is 0 Å². The fraction of sp³-hybridized carbons (Fsp3) is 0.333. The molecule has 1 aromatic carbocycles. The third kappa shape index (κ3) is 3.20. The smallest absolute Gasteiger partial charge is 0.244 e. The summed E-state index contributed by atoms with van der Waals surface area (Å²) in [5.41, 5.74) is 0.735. The van der Waals surface area contributed by atoms with Gasteiger partial charge in [0, 0.05) is 16.4 Å². The van der Waals surface area contributed by atoms with Crippen LogP contribution in [0.2, 0.25) is 0 Å². The van der Waals surface area contributed by atoms with Crippen LogP contribution in [0.25, 0.3) is 0 Å². The molecule has 7 heteroatoms. The third-order valence-electron chi connectivity index (χ3n) is 2.04. The van der Waals surface area contributed by atoms with Gasteiger partial charge in [0.25, 0.3) is 0 Å². The first-order valence-electron chi connectivity index (χ1n) is 4.55. The molecule has 0 aromatic heterocycles. The molecule has 1 atom stereocenters. The third-order valence-corrected chi connectivity index (χ3v) is 6.15. The van der Waals surface area contributed by atoms with Crippen LogP contribution in [0.3, 0.4) is 0 Å². The summed E-state index contributed by atoms with van der Waals surface area (Å²) in [5, 5.41) is 0. The van der Waals surface area contributed by atoms with Crippen molar-refractivity contribution in [1.82, 2.24) is 0 Å². The minimum atomic E-state index is -4.14. The lowest BCUT2D eigenvalue weighted by Crippen LogP contribution is -2.07. The van der Waals surface area contributed by atoms with Gasteiger partial charge in [-0.2, -0.15) is 8.42 Å². The van der Waals surface area contributed by atoms with Gasteiger partial charge in [-0.1, -0.05) is 28.9 Å². The van der Waals surface area contributed by atoms with Crippen LogP contribution in [-0.2, 0) is 19.0 Å². The number of halogens is 1. The standard InChI is InChI=1S/C9H12ClNO3S2/c1-3-15(12,11-16(10,13)14)9-7-5-4-6-8(9)2/h4-7H,3H2,1-2H3/t15-/m0/s1. The summed E-state index contributed by atoms with van der Waals surface area (Å²) in [7, 11) is -2.10. The maximum absolute atomic E-state index is 12.4. The molecule has 0 unspecified atom stereocenters. The Morgan fingerprint density at radius 1 is 1.25 bits per heavy atom.